The summed E-state index contributed by atoms with van der Waals surface area (Å²) in [4.78, 5) is 3.12. The van der Waals surface area contributed by atoms with Crippen LogP contribution in [0.2, 0.25) is 0 Å². The molecule has 0 fully saturated rings. The van der Waals surface area contributed by atoms with Gasteiger partial charge in [-0.15, -0.1) is 0 Å². The summed E-state index contributed by atoms with van der Waals surface area (Å²) < 4.78 is 94.2. The van der Waals surface area contributed by atoms with Gasteiger partial charge >= 0.3 is 12.4 Å². The molecule has 0 saturated carbocycles. The Morgan fingerprint density at radius 1 is 1.00 bits per heavy atom. The Hall–Kier alpha value is -2.83. The van der Waals surface area contributed by atoms with E-state index in [0.29, 0.717) is 24.3 Å². The molecule has 0 aliphatic heterocycles. The first-order chi connectivity index (χ1) is 11.5. The van der Waals surface area contributed by atoms with Gasteiger partial charge in [-0.2, -0.15) is 31.6 Å². The topological polar surface area (TPSA) is 45.9 Å². The van der Waals surface area contributed by atoms with Crippen LogP contribution in [-0.4, -0.2) is 4.98 Å². The van der Waals surface area contributed by atoms with E-state index in [2.05, 4.69) is 4.98 Å². The lowest BCUT2D eigenvalue weighted by Gasteiger charge is -2.12. The van der Waals surface area contributed by atoms with Crippen molar-refractivity contribution >= 4 is 0 Å². The van der Waals surface area contributed by atoms with Crippen molar-refractivity contribution < 1.29 is 35.5 Å². The van der Waals surface area contributed by atoms with Gasteiger partial charge in [0.15, 0.2) is 0 Å². The minimum absolute atomic E-state index is 0.375. The van der Waals surface area contributed by atoms with Gasteiger partial charge in [0.05, 0.1) is 5.56 Å². The molecule has 1 aromatic carbocycles. The number of aromatic nitrogens is 1. The first kappa shape index (κ1) is 18.5. The highest BCUT2D eigenvalue weighted by atomic mass is 19.4. The molecule has 0 aliphatic rings. The van der Waals surface area contributed by atoms with E-state index in [9.17, 15) is 30.7 Å². The molecule has 0 bridgehead atoms. The molecule has 0 aliphatic carbocycles. The lowest BCUT2D eigenvalue weighted by molar-refractivity contribution is -0.141. The van der Waals surface area contributed by atoms with Crippen molar-refractivity contribution in [2.24, 2.45) is 0 Å². The number of benzene rings is 1. The Bertz CT molecular complexity index is 822. The predicted molar refractivity (Wildman–Crippen MR) is 69.7 cm³/mol. The van der Waals surface area contributed by atoms with Crippen LogP contribution in [0.15, 0.2) is 30.3 Å². The third-order valence-electron chi connectivity index (χ3n) is 3.01. The summed E-state index contributed by atoms with van der Waals surface area (Å²) in [6.45, 7) is -0.835. The van der Waals surface area contributed by atoms with Crippen LogP contribution in [-0.2, 0) is 19.0 Å². The molecule has 0 radical (unpaired) electrons. The van der Waals surface area contributed by atoms with Crippen LogP contribution in [0.4, 0.5) is 30.7 Å². The largest absolute Gasteiger partial charge is 0.472 e. The van der Waals surface area contributed by atoms with Crippen molar-refractivity contribution in [2.75, 3.05) is 0 Å². The number of halogens is 7. The van der Waals surface area contributed by atoms with E-state index in [0.717, 1.165) is 6.07 Å². The number of nitriles is 1. The second-order valence-corrected chi connectivity index (χ2v) is 4.75. The highest BCUT2D eigenvalue weighted by Gasteiger charge is 2.34. The summed E-state index contributed by atoms with van der Waals surface area (Å²) in [5.41, 5.74) is -3.42. The van der Waals surface area contributed by atoms with E-state index in [-0.39, 0.29) is 5.56 Å². The number of ether oxygens (including phenoxy) is 1. The molecule has 0 atom stereocenters. The molecule has 25 heavy (non-hydrogen) atoms. The minimum atomic E-state index is -4.81. The van der Waals surface area contributed by atoms with Gasteiger partial charge in [0, 0.05) is 5.56 Å². The average Bonchev–Trinajstić information content (AvgIpc) is 2.51. The molecular formula is C15H7F7N2O. The lowest BCUT2D eigenvalue weighted by Crippen LogP contribution is -2.11. The van der Waals surface area contributed by atoms with E-state index in [1.54, 1.807) is 0 Å². The Morgan fingerprint density at radius 2 is 1.68 bits per heavy atom. The van der Waals surface area contributed by atoms with Crippen molar-refractivity contribution in [1.82, 2.24) is 4.98 Å². The fraction of sp³-hybridized carbons (Fsp3) is 0.200. The van der Waals surface area contributed by atoms with Gasteiger partial charge in [0.2, 0.25) is 5.88 Å². The SMILES string of the molecule is N#Cc1ccc(C(F)(F)F)nc1OCc1cc(C(F)(F)F)ccc1F. The highest BCUT2D eigenvalue weighted by Crippen LogP contribution is 2.32. The normalized spacial score (nSPS) is 11.9. The zero-order valence-corrected chi connectivity index (χ0v) is 12.0. The van der Waals surface area contributed by atoms with Crippen LogP contribution in [0.25, 0.3) is 0 Å². The zero-order valence-electron chi connectivity index (χ0n) is 12.0. The van der Waals surface area contributed by atoms with E-state index in [1.807, 2.05) is 0 Å². The summed E-state index contributed by atoms with van der Waals surface area (Å²) in [5.74, 6) is -1.80. The number of hydrogen-bond acceptors (Lipinski definition) is 3. The summed E-state index contributed by atoms with van der Waals surface area (Å²) in [7, 11) is 0. The Labute approximate surface area is 136 Å². The van der Waals surface area contributed by atoms with Crippen molar-refractivity contribution in [3.8, 4) is 11.9 Å². The number of rotatable bonds is 3. The molecule has 132 valence electrons. The van der Waals surface area contributed by atoms with Gasteiger partial charge in [0.25, 0.3) is 0 Å². The monoisotopic (exact) mass is 364 g/mol. The second-order valence-electron chi connectivity index (χ2n) is 4.75. The van der Waals surface area contributed by atoms with Gasteiger partial charge in [-0.25, -0.2) is 9.37 Å². The van der Waals surface area contributed by atoms with Crippen LogP contribution in [0, 0.1) is 17.1 Å². The standard InChI is InChI=1S/C15H7F7N2O/c16-11-3-2-10(14(17,18)19)5-9(11)7-25-13-8(6-23)1-4-12(24-13)15(20,21)22/h1-5H,7H2. The molecule has 3 nitrogen and oxygen atoms in total. The fourth-order valence-corrected chi connectivity index (χ4v) is 1.80. The van der Waals surface area contributed by atoms with Gasteiger partial charge in [0.1, 0.15) is 29.8 Å². The van der Waals surface area contributed by atoms with E-state index >= 15 is 0 Å². The molecule has 0 amide bonds. The van der Waals surface area contributed by atoms with Crippen LogP contribution in [0.3, 0.4) is 0 Å². The maximum Gasteiger partial charge on any atom is 0.433 e. The average molecular weight is 364 g/mol. The number of pyridine rings is 1. The third-order valence-corrected chi connectivity index (χ3v) is 3.01. The summed E-state index contributed by atoms with van der Waals surface area (Å²) >= 11 is 0. The van der Waals surface area contributed by atoms with Crippen LogP contribution < -0.4 is 4.74 Å². The first-order valence-corrected chi connectivity index (χ1v) is 6.49. The summed E-state index contributed by atoms with van der Waals surface area (Å²) in [6.07, 6.45) is -9.54. The fourth-order valence-electron chi connectivity index (χ4n) is 1.80. The second kappa shape index (κ2) is 6.58. The van der Waals surface area contributed by atoms with Gasteiger partial charge in [-0.05, 0) is 30.3 Å². The molecule has 10 heteroatoms. The minimum Gasteiger partial charge on any atom is -0.472 e. The number of alkyl halides is 6. The van der Waals surface area contributed by atoms with Gasteiger partial charge < -0.3 is 4.74 Å². The molecule has 1 aromatic heterocycles. The molecule has 0 saturated heterocycles. The molecule has 2 rings (SSSR count). The van der Waals surface area contributed by atoms with E-state index in [1.165, 1.54) is 6.07 Å². The zero-order chi connectivity index (χ0) is 18.8. The molecule has 2 aromatic rings. The Kier molecular flexibility index (Phi) is 4.87. The molecule has 0 spiro atoms. The Balaban J connectivity index is 2.31. The number of nitrogens with zero attached hydrogens (tertiary/aromatic N) is 2. The van der Waals surface area contributed by atoms with E-state index in [4.69, 9.17) is 10.00 Å². The Morgan fingerprint density at radius 3 is 2.24 bits per heavy atom. The highest BCUT2D eigenvalue weighted by molar-refractivity contribution is 5.39. The summed E-state index contributed by atoms with van der Waals surface area (Å²) in [5, 5.41) is 8.84. The van der Waals surface area contributed by atoms with Crippen molar-refractivity contribution in [3.05, 3.63) is 58.5 Å². The van der Waals surface area contributed by atoms with Crippen LogP contribution in [0.1, 0.15) is 22.4 Å². The van der Waals surface area contributed by atoms with Crippen molar-refractivity contribution in [2.45, 2.75) is 19.0 Å². The third kappa shape index (κ3) is 4.37. The smallest absolute Gasteiger partial charge is 0.433 e. The summed E-state index contributed by atoms with van der Waals surface area (Å²) in [6, 6.07) is 4.43. The van der Waals surface area contributed by atoms with Gasteiger partial charge in [-0.3, -0.25) is 0 Å². The first-order valence-electron chi connectivity index (χ1n) is 6.49. The molecule has 1 heterocycles. The molecular weight excluding hydrogens is 357 g/mol. The molecule has 0 N–H and O–H groups in total. The van der Waals surface area contributed by atoms with Gasteiger partial charge in [-0.1, -0.05) is 0 Å². The van der Waals surface area contributed by atoms with Crippen LogP contribution in [0.5, 0.6) is 5.88 Å². The predicted octanol–water partition coefficient (Wildman–Crippen LogP) is 4.71. The van der Waals surface area contributed by atoms with E-state index < -0.39 is 47.5 Å². The quantitative estimate of drug-likeness (QED) is 0.741. The van der Waals surface area contributed by atoms with Crippen molar-refractivity contribution in [1.29, 1.82) is 5.26 Å². The maximum absolute atomic E-state index is 13.6. The lowest BCUT2D eigenvalue weighted by atomic mass is 10.1. The van der Waals surface area contributed by atoms with Crippen molar-refractivity contribution in [3.63, 3.8) is 0 Å². The van der Waals surface area contributed by atoms with Crippen LogP contribution >= 0.6 is 0 Å². The number of hydrogen-bond donors (Lipinski definition) is 0. The maximum atomic E-state index is 13.6. The molecule has 0 unspecified atom stereocenters.